The van der Waals surface area contributed by atoms with E-state index in [1.165, 1.54) is 16.5 Å². The molecule has 3 fully saturated rings. The zero-order chi connectivity index (χ0) is 35.3. The van der Waals surface area contributed by atoms with E-state index in [-0.39, 0.29) is 31.7 Å². The molecule has 3 heterocycles. The molecule has 0 spiro atoms. The molecule has 1 aromatic rings. The van der Waals surface area contributed by atoms with Crippen molar-refractivity contribution in [3.8, 4) is 0 Å². The smallest absolute Gasteiger partial charge is 0.410 e. The second-order valence-electron chi connectivity index (χ2n) is 15.3. The van der Waals surface area contributed by atoms with Crippen LogP contribution in [0.15, 0.2) is 30.9 Å². The second kappa shape index (κ2) is 13.1. The van der Waals surface area contributed by atoms with Crippen LogP contribution in [0.2, 0.25) is 0 Å². The lowest BCUT2D eigenvalue weighted by molar-refractivity contribution is -0.144. The molecule has 5 amide bonds. The number of nitrogens with one attached hydrogen (secondary N) is 3. The van der Waals surface area contributed by atoms with E-state index in [9.17, 15) is 32.4 Å². The molecule has 49 heavy (non-hydrogen) atoms. The monoisotopic (exact) mass is 697 g/mol. The number of aryl methyl sites for hydroxylation is 1. The SMILES string of the molecule is C=C[C@@H]1C[C@]1(NC(=O)[C@@H]1C[C@@H]2CN1C(=O)[C@H](C(C)(C)C)NC(=O)CCCCCc1cccc3c1CN(C3)C(=O)O2)C(=O)NS(=O)(=O)C1CC1. The summed E-state index contributed by atoms with van der Waals surface area (Å²) in [6.07, 6.45) is 4.51. The Morgan fingerprint density at radius 1 is 1.06 bits per heavy atom. The molecule has 3 aliphatic heterocycles. The Morgan fingerprint density at radius 3 is 2.45 bits per heavy atom. The van der Waals surface area contributed by atoms with E-state index in [0.717, 1.165) is 30.4 Å². The fraction of sp³-hybridized carbons (Fsp3) is 0.629. The summed E-state index contributed by atoms with van der Waals surface area (Å²) in [5.41, 5.74) is 1.03. The van der Waals surface area contributed by atoms with E-state index >= 15 is 0 Å². The summed E-state index contributed by atoms with van der Waals surface area (Å²) in [6.45, 7) is 9.89. The number of benzene rings is 1. The standard InChI is InChI=1S/C35H47N5O8S/c1-5-23-17-35(23,32(44)38-49(46,47)25-14-15-25)37-30(42)27-16-24-19-40(27)31(43)29(34(2,3)4)36-28(41)13-8-6-7-10-21-11-9-12-22-18-39(20-26(21)22)33(45)48-24/h5,9,11-12,23-25,27,29H,1,6-8,10,13-20H2,2-4H3,(H,36,41)(H,37,42)(H,38,44)/t23-,24-,27+,29-,35-/m1/s1. The summed E-state index contributed by atoms with van der Waals surface area (Å²) in [5, 5.41) is 5.03. The summed E-state index contributed by atoms with van der Waals surface area (Å²) in [4.78, 5) is 71.4. The van der Waals surface area contributed by atoms with Gasteiger partial charge in [-0.05, 0) is 60.6 Å². The zero-order valence-corrected chi connectivity index (χ0v) is 29.3. The maximum Gasteiger partial charge on any atom is 0.410 e. The molecule has 5 atom stereocenters. The number of rotatable bonds is 6. The number of carbonyl (C=O) groups excluding carboxylic acids is 5. The van der Waals surface area contributed by atoms with Crippen LogP contribution in [0.1, 0.15) is 88.8 Å². The third-order valence-corrected chi connectivity index (χ3v) is 12.3. The molecular weight excluding hydrogens is 650 g/mol. The topological polar surface area (TPSA) is 171 Å². The highest BCUT2D eigenvalue weighted by molar-refractivity contribution is 7.91. The third-order valence-electron chi connectivity index (χ3n) is 10.5. The van der Waals surface area contributed by atoms with Crippen LogP contribution in [0.4, 0.5) is 4.79 Å². The summed E-state index contributed by atoms with van der Waals surface area (Å²) in [6, 6.07) is 3.90. The Hall–Kier alpha value is -3.94. The van der Waals surface area contributed by atoms with Gasteiger partial charge in [0.1, 0.15) is 23.7 Å². The van der Waals surface area contributed by atoms with Gasteiger partial charge in [-0.15, -0.1) is 6.58 Å². The van der Waals surface area contributed by atoms with Crippen LogP contribution in [0.3, 0.4) is 0 Å². The van der Waals surface area contributed by atoms with Gasteiger partial charge in [0.2, 0.25) is 27.7 Å². The van der Waals surface area contributed by atoms with Gasteiger partial charge in [-0.2, -0.15) is 0 Å². The molecule has 5 aliphatic rings. The molecule has 1 saturated heterocycles. The number of sulfonamides is 1. The van der Waals surface area contributed by atoms with Gasteiger partial charge in [-0.3, -0.25) is 28.8 Å². The third kappa shape index (κ3) is 7.20. The van der Waals surface area contributed by atoms with E-state index in [0.29, 0.717) is 32.4 Å². The van der Waals surface area contributed by atoms with Crippen molar-refractivity contribution in [1.82, 2.24) is 25.2 Å². The summed E-state index contributed by atoms with van der Waals surface area (Å²) in [7, 11) is -3.89. The number of carbonyl (C=O) groups is 5. The number of amides is 5. The van der Waals surface area contributed by atoms with Gasteiger partial charge in [0, 0.05) is 31.8 Å². The van der Waals surface area contributed by atoms with Crippen LogP contribution < -0.4 is 15.4 Å². The predicted octanol–water partition coefficient (Wildman–Crippen LogP) is 2.43. The molecule has 13 nitrogen and oxygen atoms in total. The van der Waals surface area contributed by atoms with Crippen molar-refractivity contribution < 1.29 is 37.1 Å². The number of fused-ring (bicyclic) bond motifs is 3. The fourth-order valence-corrected chi connectivity index (χ4v) is 8.66. The first-order valence-electron chi connectivity index (χ1n) is 17.3. The van der Waals surface area contributed by atoms with Gasteiger partial charge in [0.15, 0.2) is 0 Å². The summed E-state index contributed by atoms with van der Waals surface area (Å²) < 4.78 is 33.3. The minimum absolute atomic E-state index is 0.0447. The molecule has 266 valence electrons. The average molecular weight is 698 g/mol. The molecule has 2 aliphatic carbocycles. The van der Waals surface area contributed by atoms with E-state index in [1.54, 1.807) is 4.90 Å². The van der Waals surface area contributed by atoms with Crippen molar-refractivity contribution in [2.24, 2.45) is 11.3 Å². The van der Waals surface area contributed by atoms with Crippen molar-refractivity contribution in [1.29, 1.82) is 0 Å². The van der Waals surface area contributed by atoms with Gasteiger partial charge < -0.3 is 20.3 Å². The van der Waals surface area contributed by atoms with Gasteiger partial charge in [-0.25, -0.2) is 13.2 Å². The average Bonchev–Trinajstić information content (AvgIpc) is 3.92. The van der Waals surface area contributed by atoms with Crippen LogP contribution in [0.5, 0.6) is 0 Å². The Balaban J connectivity index is 1.27. The summed E-state index contributed by atoms with van der Waals surface area (Å²) >= 11 is 0. The van der Waals surface area contributed by atoms with Crippen molar-refractivity contribution in [3.63, 3.8) is 0 Å². The van der Waals surface area contributed by atoms with E-state index in [4.69, 9.17) is 4.74 Å². The first-order chi connectivity index (χ1) is 23.1. The lowest BCUT2D eigenvalue weighted by Gasteiger charge is -2.35. The van der Waals surface area contributed by atoms with Crippen LogP contribution in [-0.2, 0) is 53.4 Å². The largest absolute Gasteiger partial charge is 0.444 e. The first kappa shape index (κ1) is 34.9. The van der Waals surface area contributed by atoms with E-state index < -0.39 is 74.1 Å². The van der Waals surface area contributed by atoms with Crippen LogP contribution in [0, 0.1) is 11.3 Å². The fourth-order valence-electron chi connectivity index (χ4n) is 7.29. The van der Waals surface area contributed by atoms with E-state index in [1.807, 2.05) is 32.9 Å². The molecule has 1 aromatic carbocycles. The van der Waals surface area contributed by atoms with Crippen LogP contribution >= 0.6 is 0 Å². The number of ether oxygens (including phenoxy) is 1. The molecule has 2 saturated carbocycles. The highest BCUT2D eigenvalue weighted by Crippen LogP contribution is 2.45. The molecular formula is C35H47N5O8S. The number of hydrogen-bond donors (Lipinski definition) is 3. The van der Waals surface area contributed by atoms with Crippen molar-refractivity contribution in [3.05, 3.63) is 47.5 Å². The molecule has 0 aromatic heterocycles. The summed E-state index contributed by atoms with van der Waals surface area (Å²) in [5.74, 6) is -2.83. The molecule has 4 bridgehead atoms. The lowest BCUT2D eigenvalue weighted by atomic mass is 9.85. The normalized spacial score (nSPS) is 29.3. The van der Waals surface area contributed by atoms with Gasteiger partial charge >= 0.3 is 6.09 Å². The maximum atomic E-state index is 14.3. The Morgan fingerprint density at radius 2 is 1.78 bits per heavy atom. The Labute approximate surface area is 287 Å². The van der Waals surface area contributed by atoms with E-state index in [2.05, 4.69) is 28.0 Å². The minimum Gasteiger partial charge on any atom is -0.444 e. The molecule has 14 heteroatoms. The second-order valence-corrected chi connectivity index (χ2v) is 17.2. The van der Waals surface area contributed by atoms with Crippen LogP contribution in [0.25, 0.3) is 0 Å². The predicted molar refractivity (Wildman–Crippen MR) is 179 cm³/mol. The molecule has 0 radical (unpaired) electrons. The van der Waals surface area contributed by atoms with Gasteiger partial charge in [0.25, 0.3) is 5.91 Å². The number of nitrogens with zero attached hydrogens (tertiary/aromatic N) is 2. The first-order valence-corrected chi connectivity index (χ1v) is 18.8. The zero-order valence-electron chi connectivity index (χ0n) is 28.5. The quantitative estimate of drug-likeness (QED) is 0.381. The van der Waals surface area contributed by atoms with Crippen molar-refractivity contribution >= 4 is 39.7 Å². The maximum absolute atomic E-state index is 14.3. The minimum atomic E-state index is -3.89. The lowest BCUT2D eigenvalue weighted by Crippen LogP contribution is -2.60. The van der Waals surface area contributed by atoms with Gasteiger partial charge in [0.05, 0.1) is 11.8 Å². The van der Waals surface area contributed by atoms with Crippen molar-refractivity contribution in [2.45, 2.75) is 121 Å². The molecule has 0 unspecified atom stereocenters. The van der Waals surface area contributed by atoms with Crippen LogP contribution in [-0.4, -0.2) is 83.5 Å². The Kier molecular flexibility index (Phi) is 9.31. The van der Waals surface area contributed by atoms with Crippen molar-refractivity contribution in [2.75, 3.05) is 6.54 Å². The number of hydrogen-bond acceptors (Lipinski definition) is 8. The molecule has 3 N–H and O–H groups in total. The highest BCUT2D eigenvalue weighted by atomic mass is 32.2. The van der Waals surface area contributed by atoms with Gasteiger partial charge in [-0.1, -0.05) is 51.5 Å². The highest BCUT2D eigenvalue weighted by Gasteiger charge is 2.62. The molecule has 6 rings (SSSR count). The Bertz CT molecular complexity index is 1670.